The van der Waals surface area contributed by atoms with Crippen molar-refractivity contribution in [3.8, 4) is 5.75 Å². The molecule has 0 radical (unpaired) electrons. The van der Waals surface area contributed by atoms with Gasteiger partial charge in [0.05, 0.1) is 12.7 Å². The maximum atomic E-state index is 12.9. The molecule has 27 heavy (non-hydrogen) atoms. The van der Waals surface area contributed by atoms with Crippen molar-refractivity contribution in [1.82, 2.24) is 9.88 Å². The van der Waals surface area contributed by atoms with Crippen LogP contribution in [0.5, 0.6) is 5.75 Å². The van der Waals surface area contributed by atoms with E-state index in [0.717, 1.165) is 48.1 Å². The van der Waals surface area contributed by atoms with E-state index in [1.165, 1.54) is 0 Å². The monoisotopic (exact) mass is 364 g/mol. The second-order valence-corrected chi connectivity index (χ2v) is 6.77. The van der Waals surface area contributed by atoms with E-state index >= 15 is 0 Å². The highest BCUT2D eigenvalue weighted by atomic mass is 16.5. The number of hydrogen-bond acceptors (Lipinski definition) is 3. The van der Waals surface area contributed by atoms with Crippen LogP contribution in [0.15, 0.2) is 60.8 Å². The summed E-state index contributed by atoms with van der Waals surface area (Å²) in [5.41, 5.74) is 1.77. The maximum Gasteiger partial charge on any atom is 0.254 e. The smallest absolute Gasteiger partial charge is 0.254 e. The van der Waals surface area contributed by atoms with Crippen LogP contribution in [0.2, 0.25) is 0 Å². The number of carbonyl (C=O) groups is 1. The molecule has 1 aliphatic rings. The van der Waals surface area contributed by atoms with Crippen molar-refractivity contribution in [1.29, 1.82) is 0 Å². The summed E-state index contributed by atoms with van der Waals surface area (Å²) in [4.78, 5) is 18.0. The standard InChI is InChI=1S/C22H24N2O3/c25-22(20-7-4-8-21-19(20)9-12-23-21)24-13-10-18(11-14-24)27-16-15-26-17-5-2-1-3-6-17/h1-9,12,18,23H,10-11,13-16H2. The lowest BCUT2D eigenvalue weighted by Gasteiger charge is -2.32. The van der Waals surface area contributed by atoms with E-state index in [0.29, 0.717) is 13.2 Å². The minimum absolute atomic E-state index is 0.103. The Balaban J connectivity index is 1.24. The fourth-order valence-corrected chi connectivity index (χ4v) is 3.56. The first-order valence-electron chi connectivity index (χ1n) is 9.46. The van der Waals surface area contributed by atoms with Gasteiger partial charge in [-0.05, 0) is 43.2 Å². The van der Waals surface area contributed by atoms with Crippen LogP contribution >= 0.6 is 0 Å². The topological polar surface area (TPSA) is 54.6 Å². The molecule has 2 heterocycles. The largest absolute Gasteiger partial charge is 0.491 e. The van der Waals surface area contributed by atoms with Gasteiger partial charge >= 0.3 is 0 Å². The van der Waals surface area contributed by atoms with E-state index in [9.17, 15) is 4.79 Å². The van der Waals surface area contributed by atoms with Crippen LogP contribution in [0.1, 0.15) is 23.2 Å². The molecule has 3 aromatic rings. The summed E-state index contributed by atoms with van der Waals surface area (Å²) in [6.45, 7) is 2.56. The van der Waals surface area contributed by atoms with Gasteiger partial charge in [-0.2, -0.15) is 0 Å². The van der Waals surface area contributed by atoms with Crippen molar-refractivity contribution < 1.29 is 14.3 Å². The Morgan fingerprint density at radius 2 is 1.81 bits per heavy atom. The highest BCUT2D eigenvalue weighted by molar-refractivity contribution is 6.06. The second kappa shape index (κ2) is 8.27. The summed E-state index contributed by atoms with van der Waals surface area (Å²) in [5, 5.41) is 0.985. The molecule has 1 aliphatic heterocycles. The predicted molar refractivity (Wildman–Crippen MR) is 105 cm³/mol. The van der Waals surface area contributed by atoms with Gasteiger partial charge in [0.1, 0.15) is 12.4 Å². The van der Waals surface area contributed by atoms with E-state index in [1.807, 2.05) is 65.7 Å². The number of benzene rings is 2. The average molecular weight is 364 g/mol. The predicted octanol–water partition coefficient (Wildman–Crippen LogP) is 3.87. The molecular formula is C22H24N2O3. The summed E-state index contributed by atoms with van der Waals surface area (Å²) < 4.78 is 11.6. The van der Waals surface area contributed by atoms with Gasteiger partial charge in [0.25, 0.3) is 5.91 Å². The molecule has 0 atom stereocenters. The van der Waals surface area contributed by atoms with Crippen LogP contribution in [0.25, 0.3) is 10.9 Å². The number of ether oxygens (including phenoxy) is 2. The average Bonchev–Trinajstić information content (AvgIpc) is 3.21. The fraction of sp³-hybridized carbons (Fsp3) is 0.318. The zero-order valence-corrected chi connectivity index (χ0v) is 15.3. The normalized spacial score (nSPS) is 15.2. The molecule has 1 aromatic heterocycles. The van der Waals surface area contributed by atoms with E-state index in [-0.39, 0.29) is 12.0 Å². The molecule has 0 aliphatic carbocycles. The lowest BCUT2D eigenvalue weighted by molar-refractivity contribution is -0.00234. The lowest BCUT2D eigenvalue weighted by atomic mass is 10.0. The maximum absolute atomic E-state index is 12.9. The number of amides is 1. The van der Waals surface area contributed by atoms with E-state index in [1.54, 1.807) is 0 Å². The van der Waals surface area contributed by atoms with Crippen LogP contribution in [0, 0.1) is 0 Å². The molecule has 1 fully saturated rings. The molecule has 1 N–H and O–H groups in total. The molecule has 0 saturated carbocycles. The Hall–Kier alpha value is -2.79. The summed E-state index contributed by atoms with van der Waals surface area (Å²) >= 11 is 0. The van der Waals surface area contributed by atoms with Gasteiger partial charge in [-0.3, -0.25) is 4.79 Å². The number of fused-ring (bicyclic) bond motifs is 1. The quantitative estimate of drug-likeness (QED) is 0.676. The number of nitrogens with zero attached hydrogens (tertiary/aromatic N) is 1. The Morgan fingerprint density at radius 1 is 1.00 bits per heavy atom. The Bertz CT molecular complexity index is 883. The van der Waals surface area contributed by atoms with E-state index < -0.39 is 0 Å². The number of hydrogen-bond donors (Lipinski definition) is 1. The van der Waals surface area contributed by atoms with Crippen LogP contribution in [0.4, 0.5) is 0 Å². The first-order chi connectivity index (χ1) is 13.3. The molecule has 0 bridgehead atoms. The van der Waals surface area contributed by atoms with Gasteiger partial charge in [0.2, 0.25) is 0 Å². The molecule has 1 saturated heterocycles. The molecule has 0 unspecified atom stereocenters. The van der Waals surface area contributed by atoms with Crippen molar-refractivity contribution >= 4 is 16.8 Å². The van der Waals surface area contributed by atoms with Crippen molar-refractivity contribution in [2.45, 2.75) is 18.9 Å². The summed E-state index contributed by atoms with van der Waals surface area (Å²) in [7, 11) is 0. The molecule has 1 amide bonds. The molecule has 0 spiro atoms. The Labute approximate surface area is 158 Å². The molecular weight excluding hydrogens is 340 g/mol. The summed E-state index contributed by atoms with van der Waals surface area (Å²) in [6, 6.07) is 17.5. The number of carbonyl (C=O) groups excluding carboxylic acids is 1. The summed E-state index contributed by atoms with van der Waals surface area (Å²) in [5.74, 6) is 0.964. The Kier molecular flexibility index (Phi) is 5.39. The van der Waals surface area contributed by atoms with Crippen LogP contribution in [-0.4, -0.2) is 48.2 Å². The van der Waals surface area contributed by atoms with Gasteiger partial charge in [-0.25, -0.2) is 0 Å². The Morgan fingerprint density at radius 3 is 2.63 bits per heavy atom. The minimum Gasteiger partial charge on any atom is -0.491 e. The van der Waals surface area contributed by atoms with Crippen LogP contribution in [-0.2, 0) is 4.74 Å². The van der Waals surface area contributed by atoms with Gasteiger partial charge in [-0.15, -0.1) is 0 Å². The fourth-order valence-electron chi connectivity index (χ4n) is 3.56. The van der Waals surface area contributed by atoms with Crippen LogP contribution in [0.3, 0.4) is 0 Å². The third-order valence-electron chi connectivity index (χ3n) is 5.00. The zero-order chi connectivity index (χ0) is 18.5. The van der Waals surface area contributed by atoms with Crippen LogP contribution < -0.4 is 4.74 Å². The molecule has 140 valence electrons. The number of rotatable bonds is 6. The number of para-hydroxylation sites is 1. The highest BCUT2D eigenvalue weighted by Crippen LogP contribution is 2.22. The van der Waals surface area contributed by atoms with Gasteiger partial charge < -0.3 is 19.4 Å². The second-order valence-electron chi connectivity index (χ2n) is 6.77. The first-order valence-corrected chi connectivity index (χ1v) is 9.46. The minimum atomic E-state index is 0.103. The first kappa shape index (κ1) is 17.6. The van der Waals surface area contributed by atoms with E-state index in [2.05, 4.69) is 4.98 Å². The summed E-state index contributed by atoms with van der Waals surface area (Å²) in [6.07, 6.45) is 3.79. The number of aromatic nitrogens is 1. The van der Waals surface area contributed by atoms with Crippen molar-refractivity contribution in [2.75, 3.05) is 26.3 Å². The van der Waals surface area contributed by atoms with E-state index in [4.69, 9.17) is 9.47 Å². The van der Waals surface area contributed by atoms with Gasteiger partial charge in [-0.1, -0.05) is 24.3 Å². The van der Waals surface area contributed by atoms with Gasteiger partial charge in [0.15, 0.2) is 0 Å². The lowest BCUT2D eigenvalue weighted by Crippen LogP contribution is -2.41. The van der Waals surface area contributed by atoms with Crippen molar-refractivity contribution in [3.05, 3.63) is 66.4 Å². The third-order valence-corrected chi connectivity index (χ3v) is 5.00. The molecule has 5 nitrogen and oxygen atoms in total. The number of aromatic amines is 1. The van der Waals surface area contributed by atoms with Gasteiger partial charge in [0, 0.05) is 35.8 Å². The molecule has 4 rings (SSSR count). The number of nitrogens with one attached hydrogen (secondary N) is 1. The molecule has 2 aromatic carbocycles. The highest BCUT2D eigenvalue weighted by Gasteiger charge is 2.25. The third kappa shape index (κ3) is 4.14. The van der Waals surface area contributed by atoms with Crippen molar-refractivity contribution in [2.24, 2.45) is 0 Å². The number of piperidine rings is 1. The molecule has 5 heteroatoms. The van der Waals surface area contributed by atoms with Crippen molar-refractivity contribution in [3.63, 3.8) is 0 Å². The SMILES string of the molecule is O=C(c1cccc2[nH]ccc12)N1CCC(OCCOc2ccccc2)CC1. The number of H-pyrrole nitrogens is 1. The zero-order valence-electron chi connectivity index (χ0n) is 15.3. The number of likely N-dealkylation sites (tertiary alicyclic amines) is 1.